The van der Waals surface area contributed by atoms with Crippen molar-refractivity contribution in [1.82, 2.24) is 4.90 Å². The number of anilines is 1. The Morgan fingerprint density at radius 3 is 2.44 bits per heavy atom. The van der Waals surface area contributed by atoms with Crippen LogP contribution in [-0.4, -0.2) is 23.9 Å². The first-order valence-corrected chi connectivity index (χ1v) is 5.72. The highest BCUT2D eigenvalue weighted by atomic mass is 19.4. The van der Waals surface area contributed by atoms with Gasteiger partial charge in [-0.2, -0.15) is 0 Å². The summed E-state index contributed by atoms with van der Waals surface area (Å²) in [6.07, 6.45) is 1.85. The molecule has 0 aliphatic carbocycles. The summed E-state index contributed by atoms with van der Waals surface area (Å²) in [5.41, 5.74) is -0.699. The molecule has 6 heteroatoms. The van der Waals surface area contributed by atoms with Gasteiger partial charge in [0.1, 0.15) is 5.69 Å². The predicted octanol–water partition coefficient (Wildman–Crippen LogP) is 2.95. The first-order chi connectivity index (χ1) is 8.52. The molecule has 3 nitrogen and oxygen atoms in total. The van der Waals surface area contributed by atoms with E-state index in [0.717, 1.165) is 18.9 Å². The van der Waals surface area contributed by atoms with Crippen LogP contribution in [0.15, 0.2) is 12.1 Å². The molecule has 1 aromatic rings. The standard InChI is InChI=1S/C12H13F3N2O/c1-8-9(12(18)16-6-2-3-7-16)4-5-10(11(8)13)17(14)15/h4-5H,2-3,6-7H2,1H3. The number of likely N-dealkylation sites (tertiary alicyclic amines) is 1. The second-order valence-electron chi connectivity index (χ2n) is 4.30. The number of carbonyl (C=O) groups excluding carboxylic acids is 1. The van der Waals surface area contributed by atoms with Crippen molar-refractivity contribution in [3.8, 4) is 0 Å². The van der Waals surface area contributed by atoms with E-state index in [4.69, 9.17) is 0 Å². The van der Waals surface area contributed by atoms with Gasteiger partial charge in [-0.15, -0.1) is 0 Å². The molecule has 0 unspecified atom stereocenters. The molecule has 1 aliphatic heterocycles. The summed E-state index contributed by atoms with van der Waals surface area (Å²) in [6.45, 7) is 2.62. The van der Waals surface area contributed by atoms with E-state index in [1.807, 2.05) is 0 Å². The van der Waals surface area contributed by atoms with Gasteiger partial charge in [0.25, 0.3) is 5.91 Å². The summed E-state index contributed by atoms with van der Waals surface area (Å²) in [6, 6.07) is 2.17. The van der Waals surface area contributed by atoms with Crippen molar-refractivity contribution in [1.29, 1.82) is 0 Å². The smallest absolute Gasteiger partial charge is 0.254 e. The number of hydrogen-bond acceptors (Lipinski definition) is 2. The third-order valence-corrected chi connectivity index (χ3v) is 3.17. The SMILES string of the molecule is Cc1c(C(=O)N2CCCC2)ccc(N(F)F)c1F. The molecule has 98 valence electrons. The van der Waals surface area contributed by atoms with Crippen LogP contribution in [0.25, 0.3) is 0 Å². The maximum absolute atomic E-state index is 13.7. The van der Waals surface area contributed by atoms with Crippen LogP contribution in [0, 0.1) is 12.7 Å². The molecule has 1 saturated heterocycles. The van der Waals surface area contributed by atoms with E-state index in [1.165, 1.54) is 13.0 Å². The molecule has 1 aromatic carbocycles. The number of nitrogens with zero attached hydrogens (tertiary/aromatic N) is 2. The Hall–Kier alpha value is -1.72. The summed E-state index contributed by atoms with van der Waals surface area (Å²) < 4.78 is 38.3. The van der Waals surface area contributed by atoms with Crippen molar-refractivity contribution >= 4 is 11.6 Å². The zero-order valence-corrected chi connectivity index (χ0v) is 9.92. The topological polar surface area (TPSA) is 23.6 Å². The summed E-state index contributed by atoms with van der Waals surface area (Å²) in [5.74, 6) is -1.34. The molecule has 1 heterocycles. The molecule has 0 aromatic heterocycles. The fourth-order valence-electron chi connectivity index (χ4n) is 2.12. The third-order valence-electron chi connectivity index (χ3n) is 3.17. The molecular weight excluding hydrogens is 245 g/mol. The van der Waals surface area contributed by atoms with Gasteiger partial charge in [0.2, 0.25) is 0 Å². The van der Waals surface area contributed by atoms with Gasteiger partial charge in [-0.3, -0.25) is 4.79 Å². The summed E-state index contributed by atoms with van der Waals surface area (Å²) in [7, 11) is 0. The van der Waals surface area contributed by atoms with Crippen LogP contribution < -0.4 is 5.34 Å². The van der Waals surface area contributed by atoms with Crippen molar-refractivity contribution in [2.45, 2.75) is 19.8 Å². The average Bonchev–Trinajstić information content (AvgIpc) is 2.85. The number of halogens is 3. The van der Waals surface area contributed by atoms with Crippen LogP contribution in [0.2, 0.25) is 0 Å². The maximum atomic E-state index is 13.7. The highest BCUT2D eigenvalue weighted by molar-refractivity contribution is 5.96. The van der Waals surface area contributed by atoms with Gasteiger partial charge in [0.05, 0.1) is 0 Å². The van der Waals surface area contributed by atoms with Gasteiger partial charge in [0, 0.05) is 18.7 Å². The number of hydrogen-bond donors (Lipinski definition) is 0. The second kappa shape index (κ2) is 4.88. The normalized spacial score (nSPS) is 15.0. The van der Waals surface area contributed by atoms with Gasteiger partial charge in [-0.05, 0) is 42.8 Å². The molecule has 18 heavy (non-hydrogen) atoms. The van der Waals surface area contributed by atoms with E-state index in [9.17, 15) is 18.1 Å². The first-order valence-electron chi connectivity index (χ1n) is 5.72. The van der Waals surface area contributed by atoms with E-state index in [2.05, 4.69) is 0 Å². The number of carbonyl (C=O) groups is 1. The van der Waals surface area contributed by atoms with E-state index < -0.39 is 16.8 Å². The zero-order valence-electron chi connectivity index (χ0n) is 9.92. The molecule has 1 amide bonds. The molecule has 2 rings (SSSR count). The lowest BCUT2D eigenvalue weighted by Gasteiger charge is -2.17. The van der Waals surface area contributed by atoms with Gasteiger partial charge >= 0.3 is 0 Å². The molecular formula is C12H13F3N2O. The largest absolute Gasteiger partial charge is 0.339 e. The van der Waals surface area contributed by atoms with Crippen molar-refractivity contribution < 1.29 is 18.1 Å². The minimum absolute atomic E-state index is 0.0373. The summed E-state index contributed by atoms with van der Waals surface area (Å²) >= 11 is 0. The Bertz CT molecular complexity index is 471. The minimum atomic E-state index is -1.29. The highest BCUT2D eigenvalue weighted by Gasteiger charge is 2.24. The Labute approximate surface area is 103 Å². The van der Waals surface area contributed by atoms with Crippen molar-refractivity contribution in [2.24, 2.45) is 0 Å². The monoisotopic (exact) mass is 258 g/mol. The molecule has 0 N–H and O–H groups in total. The molecule has 0 saturated carbocycles. The lowest BCUT2D eigenvalue weighted by molar-refractivity contribution is 0.0791. The van der Waals surface area contributed by atoms with Crippen molar-refractivity contribution in [2.75, 3.05) is 18.4 Å². The second-order valence-corrected chi connectivity index (χ2v) is 4.30. The number of amides is 1. The zero-order chi connectivity index (χ0) is 13.3. The lowest BCUT2D eigenvalue weighted by atomic mass is 10.1. The lowest BCUT2D eigenvalue weighted by Crippen LogP contribution is -2.28. The van der Waals surface area contributed by atoms with Crippen LogP contribution in [0.3, 0.4) is 0 Å². The Balaban J connectivity index is 2.34. The maximum Gasteiger partial charge on any atom is 0.254 e. The quantitative estimate of drug-likeness (QED) is 0.761. The van der Waals surface area contributed by atoms with Crippen LogP contribution in [0.4, 0.5) is 19.0 Å². The van der Waals surface area contributed by atoms with Gasteiger partial charge in [0.15, 0.2) is 5.82 Å². The van der Waals surface area contributed by atoms with Gasteiger partial charge in [-0.1, -0.05) is 8.96 Å². The summed E-state index contributed by atoms with van der Waals surface area (Å²) in [5, 5.41) is -1.29. The predicted molar refractivity (Wildman–Crippen MR) is 61.0 cm³/mol. The fraction of sp³-hybridized carbons (Fsp3) is 0.417. The number of benzene rings is 1. The molecule has 1 fully saturated rings. The Kier molecular flexibility index (Phi) is 3.45. The van der Waals surface area contributed by atoms with Gasteiger partial charge in [-0.25, -0.2) is 4.39 Å². The van der Waals surface area contributed by atoms with Crippen molar-refractivity contribution in [3.05, 3.63) is 29.1 Å². The van der Waals surface area contributed by atoms with E-state index in [1.54, 1.807) is 4.90 Å². The third kappa shape index (κ3) is 2.14. The molecule has 0 bridgehead atoms. The Morgan fingerprint density at radius 1 is 1.28 bits per heavy atom. The van der Waals surface area contributed by atoms with E-state index in [0.29, 0.717) is 13.1 Å². The van der Waals surface area contributed by atoms with E-state index >= 15 is 0 Å². The van der Waals surface area contributed by atoms with Crippen LogP contribution >= 0.6 is 0 Å². The highest BCUT2D eigenvalue weighted by Crippen LogP contribution is 2.26. The molecule has 0 radical (unpaired) electrons. The van der Waals surface area contributed by atoms with Crippen LogP contribution in [0.5, 0.6) is 0 Å². The van der Waals surface area contributed by atoms with Crippen LogP contribution in [0.1, 0.15) is 28.8 Å². The number of rotatable bonds is 2. The van der Waals surface area contributed by atoms with Crippen LogP contribution in [-0.2, 0) is 0 Å². The molecule has 0 atom stereocenters. The van der Waals surface area contributed by atoms with Crippen molar-refractivity contribution in [3.63, 3.8) is 0 Å². The minimum Gasteiger partial charge on any atom is -0.339 e. The molecule has 0 spiro atoms. The fourth-order valence-corrected chi connectivity index (χ4v) is 2.12. The average molecular weight is 258 g/mol. The van der Waals surface area contributed by atoms with E-state index in [-0.39, 0.29) is 17.0 Å². The molecule has 1 aliphatic rings. The van der Waals surface area contributed by atoms with Gasteiger partial charge < -0.3 is 4.90 Å². The first kappa shape index (κ1) is 12.7. The summed E-state index contributed by atoms with van der Waals surface area (Å²) in [4.78, 5) is 13.7. The Morgan fingerprint density at radius 2 is 1.89 bits per heavy atom.